The van der Waals surface area contributed by atoms with E-state index >= 15 is 0 Å². The van der Waals surface area contributed by atoms with Crippen LogP contribution in [0.15, 0.2) is 21.5 Å². The average Bonchev–Trinajstić information content (AvgIpc) is 2.91. The van der Waals surface area contributed by atoms with Gasteiger partial charge in [-0.3, -0.25) is 14.4 Å². The van der Waals surface area contributed by atoms with Crippen LogP contribution in [0.4, 0.5) is 0 Å². The number of aromatic nitrogens is 2. The Hall–Kier alpha value is -2.70. The van der Waals surface area contributed by atoms with Gasteiger partial charge >= 0.3 is 0 Å². The van der Waals surface area contributed by atoms with E-state index in [1.165, 1.54) is 12.3 Å². The molecule has 1 aliphatic rings. The molecule has 0 saturated heterocycles. The van der Waals surface area contributed by atoms with Gasteiger partial charge in [0.2, 0.25) is 0 Å². The van der Waals surface area contributed by atoms with E-state index < -0.39 is 0 Å². The summed E-state index contributed by atoms with van der Waals surface area (Å²) in [5.74, 6) is 0.746. The first-order chi connectivity index (χ1) is 11.0. The first kappa shape index (κ1) is 15.2. The minimum Gasteiger partial charge on any atom is -0.468 e. The highest BCUT2D eigenvalue weighted by atomic mass is 16.3. The zero-order chi connectivity index (χ0) is 16.4. The molecule has 0 aliphatic heterocycles. The van der Waals surface area contributed by atoms with Crippen LogP contribution in [0.2, 0.25) is 0 Å². The third-order valence-corrected chi connectivity index (χ3v) is 3.78. The Morgan fingerprint density at radius 3 is 3.00 bits per heavy atom. The summed E-state index contributed by atoms with van der Waals surface area (Å²) in [4.78, 5) is 42.3. The zero-order valence-electron chi connectivity index (χ0n) is 12.8. The molecule has 2 heterocycles. The van der Waals surface area contributed by atoms with Crippen molar-refractivity contribution in [3.05, 3.63) is 51.1 Å². The van der Waals surface area contributed by atoms with Gasteiger partial charge in [0.1, 0.15) is 17.8 Å². The fraction of sp³-hybridized carbons (Fsp3) is 0.375. The van der Waals surface area contributed by atoms with Crippen LogP contribution in [-0.4, -0.2) is 28.2 Å². The molecule has 0 spiro atoms. The Morgan fingerprint density at radius 1 is 1.39 bits per heavy atom. The molecule has 7 nitrogen and oxygen atoms in total. The van der Waals surface area contributed by atoms with E-state index in [1.54, 1.807) is 6.92 Å². The summed E-state index contributed by atoms with van der Waals surface area (Å²) in [5.41, 5.74) is 1.10. The maximum Gasteiger partial charge on any atom is 0.255 e. The standard InChI is InChI=1S/C16H17N3O4/c1-9-18-10(7-14(21)19-9)5-6-17-16(22)11-8-23-13-4-2-3-12(20)15(11)13/h7-8H,2-6H2,1H3,(H,17,22)(H,18,19,21). The Kier molecular flexibility index (Phi) is 4.10. The second-order valence-electron chi connectivity index (χ2n) is 5.55. The number of aryl methyl sites for hydroxylation is 2. The molecule has 2 aromatic rings. The number of nitrogens with one attached hydrogen (secondary N) is 2. The van der Waals surface area contributed by atoms with Crippen molar-refractivity contribution in [3.8, 4) is 0 Å². The second kappa shape index (κ2) is 6.20. The van der Waals surface area contributed by atoms with Gasteiger partial charge in [-0.05, 0) is 13.3 Å². The maximum atomic E-state index is 12.2. The minimum atomic E-state index is -0.341. The summed E-state index contributed by atoms with van der Waals surface area (Å²) in [6, 6.07) is 1.41. The molecule has 3 rings (SSSR count). The summed E-state index contributed by atoms with van der Waals surface area (Å²) >= 11 is 0. The smallest absolute Gasteiger partial charge is 0.255 e. The Balaban J connectivity index is 1.65. The molecule has 2 N–H and O–H groups in total. The normalized spacial score (nSPS) is 13.7. The van der Waals surface area contributed by atoms with Gasteiger partial charge in [0.05, 0.1) is 11.1 Å². The molecule has 0 saturated carbocycles. The Morgan fingerprint density at radius 2 is 2.22 bits per heavy atom. The highest BCUT2D eigenvalue weighted by Gasteiger charge is 2.27. The molecule has 0 bridgehead atoms. The molecule has 7 heteroatoms. The lowest BCUT2D eigenvalue weighted by Gasteiger charge is -2.10. The number of amides is 1. The first-order valence-corrected chi connectivity index (χ1v) is 7.53. The molecule has 0 atom stereocenters. The summed E-state index contributed by atoms with van der Waals surface area (Å²) in [5, 5.41) is 2.74. The maximum absolute atomic E-state index is 12.2. The largest absolute Gasteiger partial charge is 0.468 e. The van der Waals surface area contributed by atoms with Crippen LogP contribution >= 0.6 is 0 Å². The number of carbonyl (C=O) groups is 2. The van der Waals surface area contributed by atoms with Crippen LogP contribution in [-0.2, 0) is 12.8 Å². The summed E-state index contributed by atoms with van der Waals surface area (Å²) < 4.78 is 5.34. The molecule has 2 aromatic heterocycles. The van der Waals surface area contributed by atoms with Crippen molar-refractivity contribution >= 4 is 11.7 Å². The van der Waals surface area contributed by atoms with E-state index in [1.807, 2.05) is 0 Å². The monoisotopic (exact) mass is 315 g/mol. The van der Waals surface area contributed by atoms with Crippen molar-refractivity contribution in [1.82, 2.24) is 15.3 Å². The summed E-state index contributed by atoms with van der Waals surface area (Å²) in [6.45, 7) is 2.02. The van der Waals surface area contributed by atoms with Crippen molar-refractivity contribution < 1.29 is 14.0 Å². The van der Waals surface area contributed by atoms with E-state index in [4.69, 9.17) is 4.42 Å². The quantitative estimate of drug-likeness (QED) is 0.881. The third kappa shape index (κ3) is 3.23. The van der Waals surface area contributed by atoms with Crippen molar-refractivity contribution in [2.45, 2.75) is 32.6 Å². The molecule has 1 aliphatic carbocycles. The van der Waals surface area contributed by atoms with Crippen LogP contribution in [0.3, 0.4) is 0 Å². The van der Waals surface area contributed by atoms with E-state index in [0.717, 1.165) is 6.42 Å². The van der Waals surface area contributed by atoms with Crippen LogP contribution in [0.1, 0.15) is 50.8 Å². The Labute approximate surface area is 132 Å². The minimum absolute atomic E-state index is 0.0444. The second-order valence-corrected chi connectivity index (χ2v) is 5.55. The van der Waals surface area contributed by atoms with Crippen LogP contribution < -0.4 is 10.9 Å². The van der Waals surface area contributed by atoms with Crippen molar-refractivity contribution in [3.63, 3.8) is 0 Å². The third-order valence-electron chi connectivity index (χ3n) is 3.78. The lowest BCUT2D eigenvalue weighted by molar-refractivity contribution is 0.0928. The number of furan rings is 1. The van der Waals surface area contributed by atoms with E-state index in [0.29, 0.717) is 54.2 Å². The number of hydrogen-bond donors (Lipinski definition) is 2. The number of Topliss-reactive ketones (excluding diaryl/α,β-unsaturated/α-hetero) is 1. The van der Waals surface area contributed by atoms with Crippen LogP contribution in [0.5, 0.6) is 0 Å². The molecule has 1 amide bonds. The van der Waals surface area contributed by atoms with Gasteiger partial charge < -0.3 is 14.7 Å². The topological polar surface area (TPSA) is 105 Å². The molecule has 0 fully saturated rings. The van der Waals surface area contributed by atoms with Crippen LogP contribution in [0, 0.1) is 6.92 Å². The fourth-order valence-electron chi connectivity index (χ4n) is 2.76. The zero-order valence-corrected chi connectivity index (χ0v) is 12.8. The highest BCUT2D eigenvalue weighted by molar-refractivity contribution is 6.09. The van der Waals surface area contributed by atoms with Gasteiger partial charge in [0.25, 0.3) is 11.5 Å². The number of nitrogens with zero attached hydrogens (tertiary/aromatic N) is 1. The molecule has 0 unspecified atom stereocenters. The predicted octanol–water partition coefficient (Wildman–Crippen LogP) is 1.16. The number of ketones is 1. The summed E-state index contributed by atoms with van der Waals surface area (Å²) in [7, 11) is 0. The van der Waals surface area contributed by atoms with Gasteiger partial charge in [0, 0.05) is 37.6 Å². The molecule has 120 valence electrons. The van der Waals surface area contributed by atoms with Gasteiger partial charge in [-0.1, -0.05) is 0 Å². The first-order valence-electron chi connectivity index (χ1n) is 7.53. The van der Waals surface area contributed by atoms with Gasteiger partial charge in [0.15, 0.2) is 5.78 Å². The molecule has 23 heavy (non-hydrogen) atoms. The van der Waals surface area contributed by atoms with Crippen molar-refractivity contribution in [2.75, 3.05) is 6.54 Å². The SMILES string of the molecule is Cc1nc(CCNC(=O)c2coc3c2C(=O)CCC3)cc(=O)[nH]1. The number of hydrogen-bond acceptors (Lipinski definition) is 5. The van der Waals surface area contributed by atoms with E-state index in [-0.39, 0.29) is 17.2 Å². The highest BCUT2D eigenvalue weighted by Crippen LogP contribution is 2.26. The number of aromatic amines is 1. The predicted molar refractivity (Wildman–Crippen MR) is 81.6 cm³/mol. The molecule has 0 radical (unpaired) electrons. The van der Waals surface area contributed by atoms with Gasteiger partial charge in [-0.15, -0.1) is 0 Å². The van der Waals surface area contributed by atoms with E-state index in [9.17, 15) is 14.4 Å². The van der Waals surface area contributed by atoms with Gasteiger partial charge in [-0.25, -0.2) is 4.98 Å². The Bertz CT molecular complexity index is 819. The number of fused-ring (bicyclic) bond motifs is 1. The van der Waals surface area contributed by atoms with Crippen LogP contribution in [0.25, 0.3) is 0 Å². The lowest BCUT2D eigenvalue weighted by Crippen LogP contribution is -2.28. The number of rotatable bonds is 4. The van der Waals surface area contributed by atoms with E-state index in [2.05, 4.69) is 15.3 Å². The summed E-state index contributed by atoms with van der Waals surface area (Å²) in [6.07, 6.45) is 3.67. The van der Waals surface area contributed by atoms with Crippen molar-refractivity contribution in [2.24, 2.45) is 0 Å². The lowest BCUT2D eigenvalue weighted by atomic mass is 9.94. The van der Waals surface area contributed by atoms with Gasteiger partial charge in [-0.2, -0.15) is 0 Å². The average molecular weight is 315 g/mol. The number of H-pyrrole nitrogens is 1. The number of carbonyl (C=O) groups excluding carboxylic acids is 2. The fourth-order valence-corrected chi connectivity index (χ4v) is 2.76. The van der Waals surface area contributed by atoms with Crippen molar-refractivity contribution in [1.29, 1.82) is 0 Å². The molecular formula is C16H17N3O4. The molecule has 0 aromatic carbocycles. The molecular weight excluding hydrogens is 298 g/mol.